The average molecular weight is 381 g/mol. The highest BCUT2D eigenvalue weighted by Crippen LogP contribution is 2.37. The number of carbonyl (C=O) groups is 2. The number of primary amides is 1. The Bertz CT molecular complexity index is 1110. The van der Waals surface area contributed by atoms with Gasteiger partial charge in [-0.05, 0) is 18.2 Å². The quantitative estimate of drug-likeness (QED) is 0.693. The molecular weight excluding hydrogens is 366 g/mol. The molecule has 2 heterocycles. The van der Waals surface area contributed by atoms with Gasteiger partial charge in [-0.3, -0.25) is 4.79 Å². The maximum Gasteiger partial charge on any atom is 0.339 e. The van der Waals surface area contributed by atoms with Gasteiger partial charge >= 0.3 is 5.97 Å². The van der Waals surface area contributed by atoms with Gasteiger partial charge < -0.3 is 25.1 Å². The number of aromatic nitrogens is 2. The number of fused-ring (bicyclic) bond motifs is 1. The zero-order chi connectivity index (χ0) is 19.8. The van der Waals surface area contributed by atoms with Gasteiger partial charge in [-0.15, -0.1) is 0 Å². The van der Waals surface area contributed by atoms with E-state index >= 15 is 0 Å². The number of ether oxygens (including phenoxy) is 3. The van der Waals surface area contributed by atoms with Crippen LogP contribution in [0.1, 0.15) is 20.7 Å². The molecule has 142 valence electrons. The molecule has 0 bridgehead atoms. The summed E-state index contributed by atoms with van der Waals surface area (Å²) in [6.07, 6.45) is 1.32. The van der Waals surface area contributed by atoms with Crippen molar-refractivity contribution in [3.05, 3.63) is 53.7 Å². The van der Waals surface area contributed by atoms with Crippen molar-refractivity contribution in [2.45, 2.75) is 0 Å². The van der Waals surface area contributed by atoms with Gasteiger partial charge in [-0.1, -0.05) is 12.1 Å². The highest BCUT2D eigenvalue weighted by atomic mass is 16.7. The second kappa shape index (κ2) is 6.62. The number of hydrogen-bond donors (Lipinski definition) is 2. The van der Waals surface area contributed by atoms with E-state index in [0.717, 1.165) is 0 Å². The fraction of sp³-hybridized carbons (Fsp3) is 0.105. The lowest BCUT2D eigenvalue weighted by molar-refractivity contribution is 0.0697. The first-order valence-electron chi connectivity index (χ1n) is 8.19. The monoisotopic (exact) mass is 381 g/mol. The van der Waals surface area contributed by atoms with Crippen LogP contribution < -0.4 is 19.9 Å². The Kier molecular flexibility index (Phi) is 4.11. The Morgan fingerprint density at radius 3 is 2.61 bits per heavy atom. The summed E-state index contributed by atoms with van der Waals surface area (Å²) in [5.74, 6) is -0.509. The van der Waals surface area contributed by atoms with Crippen LogP contribution in [0.25, 0.3) is 16.9 Å². The summed E-state index contributed by atoms with van der Waals surface area (Å²) in [7, 11) is 1.52. The van der Waals surface area contributed by atoms with Crippen molar-refractivity contribution in [2.24, 2.45) is 5.73 Å². The van der Waals surface area contributed by atoms with Gasteiger partial charge in [0.05, 0.1) is 18.4 Å². The molecule has 0 radical (unpaired) electrons. The Balaban J connectivity index is 1.90. The summed E-state index contributed by atoms with van der Waals surface area (Å²) >= 11 is 0. The van der Waals surface area contributed by atoms with Crippen LogP contribution in [-0.4, -0.2) is 40.7 Å². The van der Waals surface area contributed by atoms with Crippen LogP contribution in [0.15, 0.2) is 42.6 Å². The largest absolute Gasteiger partial charge is 0.497 e. The summed E-state index contributed by atoms with van der Waals surface area (Å²) in [4.78, 5) is 23.7. The molecule has 3 aromatic rings. The molecule has 0 saturated heterocycles. The van der Waals surface area contributed by atoms with E-state index in [9.17, 15) is 14.7 Å². The van der Waals surface area contributed by atoms with Gasteiger partial charge in [0.25, 0.3) is 5.91 Å². The lowest BCUT2D eigenvalue weighted by atomic mass is 10.1. The van der Waals surface area contributed by atoms with Crippen LogP contribution in [0, 0.1) is 0 Å². The molecule has 0 aliphatic carbocycles. The molecule has 3 N–H and O–H groups in total. The van der Waals surface area contributed by atoms with Gasteiger partial charge in [-0.2, -0.15) is 5.10 Å². The SMILES string of the molecule is COc1cccc(-c2nn(-c3cc4c(cc3C(N)=O)OCO4)cc2C(=O)O)c1. The van der Waals surface area contributed by atoms with Crippen LogP contribution in [0.2, 0.25) is 0 Å². The van der Waals surface area contributed by atoms with E-state index < -0.39 is 11.9 Å². The topological polar surface area (TPSA) is 126 Å². The molecule has 0 unspecified atom stereocenters. The van der Waals surface area contributed by atoms with Crippen LogP contribution >= 0.6 is 0 Å². The van der Waals surface area contributed by atoms with Crippen molar-refractivity contribution in [2.75, 3.05) is 13.9 Å². The number of benzene rings is 2. The van der Waals surface area contributed by atoms with Crippen molar-refractivity contribution >= 4 is 11.9 Å². The number of rotatable bonds is 5. The average Bonchev–Trinajstić information content (AvgIpc) is 3.33. The third-order valence-corrected chi connectivity index (χ3v) is 4.29. The third-order valence-electron chi connectivity index (χ3n) is 4.29. The second-order valence-electron chi connectivity index (χ2n) is 5.96. The maximum absolute atomic E-state index is 11.9. The number of carboxylic acids is 1. The molecule has 2 aromatic carbocycles. The van der Waals surface area contributed by atoms with E-state index in [2.05, 4.69) is 5.10 Å². The Morgan fingerprint density at radius 2 is 1.93 bits per heavy atom. The van der Waals surface area contributed by atoms with Gasteiger partial charge in [-0.25, -0.2) is 9.48 Å². The number of methoxy groups -OCH3 is 1. The highest BCUT2D eigenvalue weighted by Gasteiger charge is 2.24. The van der Waals surface area contributed by atoms with Crippen LogP contribution in [-0.2, 0) is 0 Å². The van der Waals surface area contributed by atoms with Gasteiger partial charge in [0, 0.05) is 17.8 Å². The van der Waals surface area contributed by atoms with Gasteiger partial charge in [0.1, 0.15) is 17.0 Å². The van der Waals surface area contributed by atoms with Crippen molar-refractivity contribution in [1.29, 1.82) is 0 Å². The molecule has 9 nitrogen and oxygen atoms in total. The highest BCUT2D eigenvalue weighted by molar-refractivity contribution is 5.98. The smallest absolute Gasteiger partial charge is 0.339 e. The molecule has 1 amide bonds. The van der Waals surface area contributed by atoms with E-state index in [1.807, 2.05) is 0 Å². The van der Waals surface area contributed by atoms with Gasteiger partial charge in [0.15, 0.2) is 11.5 Å². The first-order chi connectivity index (χ1) is 13.5. The third kappa shape index (κ3) is 2.88. The molecule has 4 rings (SSSR count). The summed E-state index contributed by atoms with van der Waals surface area (Å²) in [5, 5.41) is 14.0. The molecule has 0 spiro atoms. The number of hydrogen-bond acceptors (Lipinski definition) is 6. The maximum atomic E-state index is 11.9. The normalized spacial score (nSPS) is 12.0. The van der Waals surface area contributed by atoms with Crippen molar-refractivity contribution < 1.29 is 28.9 Å². The minimum absolute atomic E-state index is 0.0194. The molecule has 1 aromatic heterocycles. The van der Waals surface area contributed by atoms with E-state index in [1.54, 1.807) is 24.3 Å². The minimum atomic E-state index is -1.16. The first-order valence-corrected chi connectivity index (χ1v) is 8.19. The van der Waals surface area contributed by atoms with E-state index in [1.165, 1.54) is 30.1 Å². The fourth-order valence-electron chi connectivity index (χ4n) is 2.96. The summed E-state index contributed by atoms with van der Waals surface area (Å²) in [6, 6.07) is 9.85. The Morgan fingerprint density at radius 1 is 1.18 bits per heavy atom. The van der Waals surface area contributed by atoms with E-state index in [0.29, 0.717) is 22.8 Å². The lowest BCUT2D eigenvalue weighted by Gasteiger charge is -2.08. The lowest BCUT2D eigenvalue weighted by Crippen LogP contribution is -2.15. The molecule has 1 aliphatic heterocycles. The standard InChI is InChI=1S/C19H15N3O6/c1-26-11-4-2-3-10(5-11)17-13(19(24)25)8-22(21-17)14-7-16-15(27-9-28-16)6-12(14)18(20)23/h2-8H,9H2,1H3,(H2,20,23)(H,24,25). The number of carbonyl (C=O) groups excluding carboxylic acids is 1. The van der Waals surface area contributed by atoms with Gasteiger partial charge in [0.2, 0.25) is 6.79 Å². The predicted molar refractivity (Wildman–Crippen MR) is 97.2 cm³/mol. The fourth-order valence-corrected chi connectivity index (χ4v) is 2.96. The molecule has 0 fully saturated rings. The number of amides is 1. The molecular formula is C19H15N3O6. The second-order valence-corrected chi connectivity index (χ2v) is 5.96. The van der Waals surface area contributed by atoms with Crippen LogP contribution in [0.5, 0.6) is 17.2 Å². The molecule has 0 saturated carbocycles. The molecule has 1 aliphatic rings. The molecule has 0 atom stereocenters. The van der Waals surface area contributed by atoms with Crippen LogP contribution in [0.4, 0.5) is 0 Å². The van der Waals surface area contributed by atoms with Crippen LogP contribution in [0.3, 0.4) is 0 Å². The number of nitrogens with two attached hydrogens (primary N) is 1. The predicted octanol–water partition coefficient (Wildman–Crippen LogP) is 2.07. The zero-order valence-corrected chi connectivity index (χ0v) is 14.7. The van der Waals surface area contributed by atoms with Crippen molar-refractivity contribution in [1.82, 2.24) is 9.78 Å². The summed E-state index contributed by atoms with van der Waals surface area (Å²) in [5.41, 5.74) is 6.64. The van der Waals surface area contributed by atoms with Crippen molar-refractivity contribution in [3.63, 3.8) is 0 Å². The van der Waals surface area contributed by atoms with Crippen molar-refractivity contribution in [3.8, 4) is 34.2 Å². The minimum Gasteiger partial charge on any atom is -0.497 e. The van der Waals surface area contributed by atoms with E-state index in [-0.39, 0.29) is 29.3 Å². The summed E-state index contributed by atoms with van der Waals surface area (Å²) in [6.45, 7) is 0.0194. The number of carboxylic acid groups (broad SMARTS) is 1. The Labute approximate surface area is 158 Å². The Hall–Kier alpha value is -4.01. The van der Waals surface area contributed by atoms with E-state index in [4.69, 9.17) is 19.9 Å². The first kappa shape index (κ1) is 17.4. The molecule has 28 heavy (non-hydrogen) atoms. The number of aromatic carboxylic acids is 1. The number of nitrogens with zero attached hydrogens (tertiary/aromatic N) is 2. The zero-order valence-electron chi connectivity index (χ0n) is 14.7. The molecule has 9 heteroatoms. The summed E-state index contributed by atoms with van der Waals surface area (Å²) < 4.78 is 17.1.